The zero-order chi connectivity index (χ0) is 22.6. The molecule has 2 rings (SSSR count). The van der Waals surface area contributed by atoms with Crippen LogP contribution in [0.25, 0.3) is 0 Å². The van der Waals surface area contributed by atoms with Gasteiger partial charge >= 0.3 is 11.9 Å². The first-order valence-corrected chi connectivity index (χ1v) is 9.49. The summed E-state index contributed by atoms with van der Waals surface area (Å²) in [7, 11) is 1.24. The first kappa shape index (κ1) is 23.6. The van der Waals surface area contributed by atoms with Gasteiger partial charge in [0.15, 0.2) is 0 Å². The maximum atomic E-state index is 12.2. The van der Waals surface area contributed by atoms with Crippen LogP contribution in [-0.4, -0.2) is 47.9 Å². The number of carboxylic acids is 1. The summed E-state index contributed by atoms with van der Waals surface area (Å²) >= 11 is 0. The van der Waals surface area contributed by atoms with Gasteiger partial charge < -0.3 is 14.7 Å². The van der Waals surface area contributed by atoms with Gasteiger partial charge in [0.25, 0.3) is 0 Å². The second-order valence-electron chi connectivity index (χ2n) is 6.57. The number of aliphatic carboxylic acids is 1. The van der Waals surface area contributed by atoms with Crippen LogP contribution >= 0.6 is 0 Å². The molecule has 1 N–H and O–H groups in total. The van der Waals surface area contributed by atoms with E-state index >= 15 is 0 Å². The van der Waals surface area contributed by atoms with E-state index in [2.05, 4.69) is 4.74 Å². The smallest absolute Gasteiger partial charge is 0.312 e. The first-order valence-electron chi connectivity index (χ1n) is 9.49. The molecule has 0 aromatic heterocycles. The Morgan fingerprint density at radius 1 is 1.00 bits per heavy atom. The SMILES string of the molecule is COC(=O)CCN(Cc1ccc(N(C=O)OCc2ccccc2)cc1)C(=O)CC(=O)O. The van der Waals surface area contributed by atoms with Gasteiger partial charge in [0, 0.05) is 13.1 Å². The van der Waals surface area contributed by atoms with E-state index in [0.717, 1.165) is 10.6 Å². The molecule has 0 spiro atoms. The molecule has 0 atom stereocenters. The lowest BCUT2D eigenvalue weighted by Crippen LogP contribution is -2.34. The van der Waals surface area contributed by atoms with Gasteiger partial charge in [-0.3, -0.25) is 24.0 Å². The fourth-order valence-corrected chi connectivity index (χ4v) is 2.71. The molecule has 0 bridgehead atoms. The lowest BCUT2D eigenvalue weighted by atomic mass is 10.1. The summed E-state index contributed by atoms with van der Waals surface area (Å²) in [6.45, 7) is 0.350. The fourth-order valence-electron chi connectivity index (χ4n) is 2.71. The van der Waals surface area contributed by atoms with E-state index in [1.165, 1.54) is 12.0 Å². The molecule has 0 aliphatic rings. The van der Waals surface area contributed by atoms with Crippen LogP contribution in [0.5, 0.6) is 0 Å². The molecule has 0 aliphatic heterocycles. The van der Waals surface area contributed by atoms with Gasteiger partial charge in [0.2, 0.25) is 12.3 Å². The van der Waals surface area contributed by atoms with Crippen LogP contribution in [0.4, 0.5) is 5.69 Å². The topological polar surface area (TPSA) is 113 Å². The molecule has 0 fully saturated rings. The lowest BCUT2D eigenvalue weighted by molar-refractivity contribution is -0.145. The minimum atomic E-state index is -1.25. The number of hydrogen-bond donors (Lipinski definition) is 1. The van der Waals surface area contributed by atoms with E-state index in [-0.39, 0.29) is 26.1 Å². The average molecular weight is 428 g/mol. The second kappa shape index (κ2) is 12.1. The molecule has 0 radical (unpaired) electrons. The van der Waals surface area contributed by atoms with Crippen molar-refractivity contribution < 1.29 is 33.9 Å². The van der Waals surface area contributed by atoms with Crippen LogP contribution in [0.3, 0.4) is 0 Å². The number of carbonyl (C=O) groups excluding carboxylic acids is 3. The Labute approximate surface area is 179 Å². The highest BCUT2D eigenvalue weighted by Gasteiger charge is 2.19. The molecule has 2 aromatic rings. The molecule has 0 saturated heterocycles. The van der Waals surface area contributed by atoms with Crippen LogP contribution < -0.4 is 5.06 Å². The molecule has 2 aromatic carbocycles. The molecule has 9 heteroatoms. The van der Waals surface area contributed by atoms with Crippen molar-refractivity contribution >= 4 is 29.9 Å². The van der Waals surface area contributed by atoms with Gasteiger partial charge in [-0.05, 0) is 23.3 Å². The van der Waals surface area contributed by atoms with E-state index in [1.54, 1.807) is 24.3 Å². The predicted molar refractivity (Wildman–Crippen MR) is 111 cm³/mol. The number of ether oxygens (including phenoxy) is 1. The Bertz CT molecular complexity index is 884. The van der Waals surface area contributed by atoms with Gasteiger partial charge in [-0.25, -0.2) is 0 Å². The molecular formula is C22H24N2O7. The Hall–Kier alpha value is -3.72. The molecular weight excluding hydrogens is 404 g/mol. The number of nitrogens with zero attached hydrogens (tertiary/aromatic N) is 2. The molecule has 0 unspecified atom stereocenters. The summed E-state index contributed by atoms with van der Waals surface area (Å²) in [6.07, 6.45) is -0.172. The number of esters is 1. The number of hydrogen-bond acceptors (Lipinski definition) is 6. The van der Waals surface area contributed by atoms with E-state index in [0.29, 0.717) is 17.7 Å². The number of methoxy groups -OCH3 is 1. The third-order valence-corrected chi connectivity index (χ3v) is 4.34. The standard InChI is InChI=1S/C22H24N2O7/c1-30-22(29)11-12-23(20(26)13-21(27)28)14-17-7-9-19(10-8-17)24(16-25)31-15-18-5-3-2-4-6-18/h2-10,16H,11-15H2,1H3,(H,27,28). The maximum Gasteiger partial charge on any atom is 0.312 e. The second-order valence-corrected chi connectivity index (χ2v) is 6.57. The van der Waals surface area contributed by atoms with Crippen LogP contribution in [-0.2, 0) is 41.9 Å². The number of carbonyl (C=O) groups is 4. The van der Waals surface area contributed by atoms with Gasteiger partial charge in [0.05, 0.1) is 19.2 Å². The zero-order valence-electron chi connectivity index (χ0n) is 17.1. The Kier molecular flexibility index (Phi) is 9.18. The molecule has 2 amide bonds. The van der Waals surface area contributed by atoms with E-state index in [1.807, 2.05) is 30.3 Å². The number of amides is 2. The number of hydroxylamine groups is 1. The number of carboxylic acid groups (broad SMARTS) is 1. The highest BCUT2D eigenvalue weighted by Crippen LogP contribution is 2.17. The van der Waals surface area contributed by atoms with Crippen molar-refractivity contribution in [2.75, 3.05) is 18.7 Å². The van der Waals surface area contributed by atoms with Crippen molar-refractivity contribution in [3.05, 3.63) is 65.7 Å². The van der Waals surface area contributed by atoms with Crippen molar-refractivity contribution in [1.82, 2.24) is 4.90 Å². The fraction of sp³-hybridized carbons (Fsp3) is 0.273. The number of anilines is 1. The molecule has 164 valence electrons. The molecule has 0 heterocycles. The Morgan fingerprint density at radius 3 is 2.26 bits per heavy atom. The molecule has 0 aliphatic carbocycles. The van der Waals surface area contributed by atoms with Crippen LogP contribution in [0.15, 0.2) is 54.6 Å². The van der Waals surface area contributed by atoms with Gasteiger partial charge in [-0.15, -0.1) is 0 Å². The van der Waals surface area contributed by atoms with Crippen LogP contribution in [0.1, 0.15) is 24.0 Å². The summed E-state index contributed by atoms with van der Waals surface area (Å²) in [5.74, 6) is -2.36. The van der Waals surface area contributed by atoms with Gasteiger partial charge in [0.1, 0.15) is 13.0 Å². The Morgan fingerprint density at radius 2 is 1.68 bits per heavy atom. The van der Waals surface area contributed by atoms with Gasteiger partial charge in [-0.2, -0.15) is 5.06 Å². The third kappa shape index (κ3) is 7.90. The largest absolute Gasteiger partial charge is 0.481 e. The molecule has 0 saturated carbocycles. The highest BCUT2D eigenvalue weighted by molar-refractivity contribution is 5.93. The summed E-state index contributed by atoms with van der Waals surface area (Å²) in [4.78, 5) is 52.7. The minimum absolute atomic E-state index is 0.0290. The summed E-state index contributed by atoms with van der Waals surface area (Å²) in [6, 6.07) is 16.1. The number of benzene rings is 2. The van der Waals surface area contributed by atoms with E-state index in [4.69, 9.17) is 9.94 Å². The third-order valence-electron chi connectivity index (χ3n) is 4.34. The summed E-state index contributed by atoms with van der Waals surface area (Å²) in [5.41, 5.74) is 2.10. The summed E-state index contributed by atoms with van der Waals surface area (Å²) in [5, 5.41) is 9.99. The summed E-state index contributed by atoms with van der Waals surface area (Å²) < 4.78 is 4.58. The van der Waals surface area contributed by atoms with Crippen molar-refractivity contribution in [2.24, 2.45) is 0 Å². The average Bonchev–Trinajstić information content (AvgIpc) is 2.77. The normalized spacial score (nSPS) is 10.2. The van der Waals surface area contributed by atoms with E-state index in [9.17, 15) is 19.2 Å². The highest BCUT2D eigenvalue weighted by atomic mass is 16.7. The van der Waals surface area contributed by atoms with Crippen molar-refractivity contribution in [2.45, 2.75) is 26.0 Å². The first-order chi connectivity index (χ1) is 14.9. The van der Waals surface area contributed by atoms with Crippen molar-refractivity contribution in [1.29, 1.82) is 0 Å². The molecule has 9 nitrogen and oxygen atoms in total. The quantitative estimate of drug-likeness (QED) is 0.238. The monoisotopic (exact) mass is 428 g/mol. The lowest BCUT2D eigenvalue weighted by Gasteiger charge is -2.22. The number of rotatable bonds is 12. The zero-order valence-corrected chi connectivity index (χ0v) is 17.1. The van der Waals surface area contributed by atoms with Crippen LogP contribution in [0.2, 0.25) is 0 Å². The van der Waals surface area contributed by atoms with Crippen molar-refractivity contribution in [3.8, 4) is 0 Å². The van der Waals surface area contributed by atoms with Crippen LogP contribution in [0, 0.1) is 0 Å². The Balaban J connectivity index is 2.03. The maximum absolute atomic E-state index is 12.2. The van der Waals surface area contributed by atoms with E-state index < -0.39 is 24.3 Å². The predicted octanol–water partition coefficient (Wildman–Crippen LogP) is 2.15. The van der Waals surface area contributed by atoms with Gasteiger partial charge in [-0.1, -0.05) is 42.5 Å². The minimum Gasteiger partial charge on any atom is -0.481 e. The molecule has 31 heavy (non-hydrogen) atoms. The van der Waals surface area contributed by atoms with Crippen molar-refractivity contribution in [3.63, 3.8) is 0 Å².